The van der Waals surface area contributed by atoms with Gasteiger partial charge in [-0.3, -0.25) is 4.79 Å². The second kappa shape index (κ2) is 7.25. The van der Waals surface area contributed by atoms with Gasteiger partial charge in [0.1, 0.15) is 5.75 Å². The van der Waals surface area contributed by atoms with Crippen molar-refractivity contribution in [2.45, 2.75) is 31.3 Å². The molecule has 1 N–H and O–H groups in total. The van der Waals surface area contributed by atoms with Crippen molar-refractivity contribution in [3.8, 4) is 5.75 Å². The molecule has 2 saturated heterocycles. The number of carbonyl (C=O) groups excluding carboxylic acids is 1. The van der Waals surface area contributed by atoms with Crippen LogP contribution in [0.15, 0.2) is 24.3 Å². The molecule has 1 spiro atoms. The molecule has 3 rings (SSSR count). The van der Waals surface area contributed by atoms with Crippen molar-refractivity contribution in [2.75, 3.05) is 33.5 Å². The first kappa shape index (κ1) is 18.1. The summed E-state index contributed by atoms with van der Waals surface area (Å²) < 4.78 is 44.6. The van der Waals surface area contributed by atoms with Crippen LogP contribution in [0.3, 0.4) is 0 Å². The van der Waals surface area contributed by atoms with Crippen molar-refractivity contribution >= 4 is 5.91 Å². The van der Waals surface area contributed by atoms with E-state index < -0.39 is 11.8 Å². The van der Waals surface area contributed by atoms with Crippen LogP contribution in [0.4, 0.5) is 8.78 Å². The Balaban J connectivity index is 1.54. The molecule has 1 atom stereocenters. The van der Waals surface area contributed by atoms with Crippen molar-refractivity contribution in [3.05, 3.63) is 29.8 Å². The zero-order valence-corrected chi connectivity index (χ0v) is 14.2. The van der Waals surface area contributed by atoms with Crippen molar-refractivity contribution in [1.82, 2.24) is 5.32 Å². The highest BCUT2D eigenvalue weighted by molar-refractivity contribution is 5.84. The van der Waals surface area contributed by atoms with Crippen LogP contribution in [0.5, 0.6) is 5.75 Å². The quantitative estimate of drug-likeness (QED) is 0.882. The summed E-state index contributed by atoms with van der Waals surface area (Å²) >= 11 is 0. The summed E-state index contributed by atoms with van der Waals surface area (Å²) in [5, 5.41) is 2.34. The van der Waals surface area contributed by atoms with E-state index in [0.29, 0.717) is 25.6 Å². The van der Waals surface area contributed by atoms with E-state index in [0.717, 1.165) is 19.3 Å². The fourth-order valence-corrected chi connectivity index (χ4v) is 3.43. The van der Waals surface area contributed by atoms with Gasteiger partial charge in [-0.2, -0.15) is 8.78 Å². The van der Waals surface area contributed by atoms with E-state index in [1.165, 1.54) is 31.4 Å². The van der Waals surface area contributed by atoms with E-state index in [4.69, 9.17) is 14.2 Å². The van der Waals surface area contributed by atoms with Crippen LogP contribution >= 0.6 is 0 Å². The van der Waals surface area contributed by atoms with Gasteiger partial charge in [-0.05, 0) is 43.5 Å². The Bertz CT molecular complexity index is 600. The van der Waals surface area contributed by atoms with E-state index >= 15 is 0 Å². The SMILES string of the molecule is COc1ccc(C(F)(F)C(=O)NCC2CC3(CCOCC3)CO2)cc1. The normalized spacial score (nSPS) is 22.8. The molecule has 2 heterocycles. The lowest BCUT2D eigenvalue weighted by Crippen LogP contribution is -2.41. The van der Waals surface area contributed by atoms with Crippen molar-refractivity contribution < 1.29 is 27.8 Å². The Morgan fingerprint density at radius 3 is 2.64 bits per heavy atom. The molecule has 2 aliphatic heterocycles. The molecule has 2 fully saturated rings. The van der Waals surface area contributed by atoms with Crippen LogP contribution in [-0.4, -0.2) is 45.5 Å². The fourth-order valence-electron chi connectivity index (χ4n) is 3.43. The van der Waals surface area contributed by atoms with Crippen LogP contribution in [-0.2, 0) is 20.2 Å². The van der Waals surface area contributed by atoms with Gasteiger partial charge in [-0.15, -0.1) is 0 Å². The van der Waals surface area contributed by atoms with Gasteiger partial charge in [0.25, 0.3) is 5.91 Å². The molecule has 5 nitrogen and oxygen atoms in total. The number of alkyl halides is 2. The molecule has 1 amide bonds. The van der Waals surface area contributed by atoms with Crippen LogP contribution < -0.4 is 10.1 Å². The summed E-state index contributed by atoms with van der Waals surface area (Å²) in [7, 11) is 1.45. The molecule has 1 unspecified atom stereocenters. The van der Waals surface area contributed by atoms with E-state index in [1.807, 2.05) is 0 Å². The Labute approximate surface area is 145 Å². The summed E-state index contributed by atoms with van der Waals surface area (Å²) in [5.41, 5.74) is -0.286. The number of hydrogen-bond donors (Lipinski definition) is 1. The first-order valence-electron chi connectivity index (χ1n) is 8.45. The third-order valence-corrected chi connectivity index (χ3v) is 5.07. The maximum absolute atomic E-state index is 14.3. The Morgan fingerprint density at radius 2 is 2.00 bits per heavy atom. The lowest BCUT2D eigenvalue weighted by molar-refractivity contribution is -0.147. The van der Waals surface area contributed by atoms with Gasteiger partial charge >= 0.3 is 5.92 Å². The number of amides is 1. The lowest BCUT2D eigenvalue weighted by Gasteiger charge is -2.31. The number of ether oxygens (including phenoxy) is 3. The van der Waals surface area contributed by atoms with Crippen molar-refractivity contribution in [3.63, 3.8) is 0 Å². The third kappa shape index (κ3) is 3.93. The van der Waals surface area contributed by atoms with Gasteiger partial charge in [-0.25, -0.2) is 0 Å². The first-order valence-corrected chi connectivity index (χ1v) is 8.45. The molecule has 0 saturated carbocycles. The number of methoxy groups -OCH3 is 1. The van der Waals surface area contributed by atoms with Gasteiger partial charge in [-0.1, -0.05) is 0 Å². The number of rotatable bonds is 5. The minimum atomic E-state index is -3.60. The largest absolute Gasteiger partial charge is 0.497 e. The van der Waals surface area contributed by atoms with Gasteiger partial charge in [0.15, 0.2) is 0 Å². The lowest BCUT2D eigenvalue weighted by atomic mass is 9.78. The predicted octanol–water partition coefficient (Wildman–Crippen LogP) is 2.49. The number of hydrogen-bond acceptors (Lipinski definition) is 4. The molecule has 0 radical (unpaired) electrons. The summed E-state index contributed by atoms with van der Waals surface area (Å²) in [6.45, 7) is 2.11. The summed E-state index contributed by atoms with van der Waals surface area (Å²) in [4.78, 5) is 12.0. The zero-order chi connectivity index (χ0) is 17.9. The second-order valence-corrected chi connectivity index (χ2v) is 6.76. The Morgan fingerprint density at radius 1 is 1.32 bits per heavy atom. The number of carbonyl (C=O) groups is 1. The maximum Gasteiger partial charge on any atom is 0.349 e. The van der Waals surface area contributed by atoms with Gasteiger partial charge in [0.05, 0.1) is 19.8 Å². The highest BCUT2D eigenvalue weighted by Crippen LogP contribution is 2.41. The highest BCUT2D eigenvalue weighted by atomic mass is 19.3. The second-order valence-electron chi connectivity index (χ2n) is 6.76. The first-order chi connectivity index (χ1) is 12.0. The van der Waals surface area contributed by atoms with E-state index in [-0.39, 0.29) is 23.6 Å². The molecule has 0 bridgehead atoms. The van der Waals surface area contributed by atoms with Crippen LogP contribution in [0.25, 0.3) is 0 Å². The minimum absolute atomic E-state index is 0.0755. The molecule has 1 aromatic carbocycles. The standard InChI is InChI=1S/C18H23F2NO4/c1-23-14-4-2-13(3-5-14)18(19,20)16(22)21-11-15-10-17(12-25-15)6-8-24-9-7-17/h2-5,15H,6-12H2,1H3,(H,21,22). The van der Waals surface area contributed by atoms with Gasteiger partial charge in [0.2, 0.25) is 0 Å². The maximum atomic E-state index is 14.3. The van der Waals surface area contributed by atoms with E-state index in [2.05, 4.69) is 5.32 Å². The van der Waals surface area contributed by atoms with Gasteiger partial charge in [0, 0.05) is 30.7 Å². The summed E-state index contributed by atoms with van der Waals surface area (Å²) in [5.74, 6) is -4.45. The van der Waals surface area contributed by atoms with Crippen LogP contribution in [0, 0.1) is 5.41 Å². The molecule has 0 aromatic heterocycles. The number of halogens is 2. The monoisotopic (exact) mass is 355 g/mol. The molecular weight excluding hydrogens is 332 g/mol. The molecule has 7 heteroatoms. The molecule has 0 aliphatic carbocycles. The van der Waals surface area contributed by atoms with Crippen molar-refractivity contribution in [1.29, 1.82) is 0 Å². The fraction of sp³-hybridized carbons (Fsp3) is 0.611. The Kier molecular flexibility index (Phi) is 5.24. The summed E-state index contributed by atoms with van der Waals surface area (Å²) in [6.07, 6.45) is 2.37. The molecule has 25 heavy (non-hydrogen) atoms. The van der Waals surface area contributed by atoms with Gasteiger partial charge < -0.3 is 19.5 Å². The number of nitrogens with one attached hydrogen (secondary N) is 1. The molecular formula is C18H23F2NO4. The minimum Gasteiger partial charge on any atom is -0.497 e. The van der Waals surface area contributed by atoms with E-state index in [1.54, 1.807) is 0 Å². The molecule has 1 aromatic rings. The number of benzene rings is 1. The molecule has 2 aliphatic rings. The average molecular weight is 355 g/mol. The van der Waals surface area contributed by atoms with Crippen molar-refractivity contribution in [2.24, 2.45) is 5.41 Å². The summed E-state index contributed by atoms with van der Waals surface area (Å²) in [6, 6.07) is 5.21. The molecule has 138 valence electrons. The third-order valence-electron chi connectivity index (χ3n) is 5.07. The zero-order valence-electron chi connectivity index (χ0n) is 14.2. The van der Waals surface area contributed by atoms with Crippen LogP contribution in [0.2, 0.25) is 0 Å². The predicted molar refractivity (Wildman–Crippen MR) is 86.7 cm³/mol. The highest BCUT2D eigenvalue weighted by Gasteiger charge is 2.44. The smallest absolute Gasteiger partial charge is 0.349 e. The van der Waals surface area contributed by atoms with E-state index in [9.17, 15) is 13.6 Å². The average Bonchev–Trinajstić information content (AvgIpc) is 3.02. The van der Waals surface area contributed by atoms with Crippen LogP contribution in [0.1, 0.15) is 24.8 Å². The topological polar surface area (TPSA) is 56.8 Å². The Hall–Kier alpha value is -1.73.